The van der Waals surface area contributed by atoms with Crippen LogP contribution in [0, 0.1) is 13.8 Å². The summed E-state index contributed by atoms with van der Waals surface area (Å²) in [6.07, 6.45) is 0.951. The second-order valence-corrected chi connectivity index (χ2v) is 7.20. The topological polar surface area (TPSA) is 59.0 Å². The first-order chi connectivity index (χ1) is 12.5. The molecule has 7 heteroatoms. The zero-order valence-electron chi connectivity index (χ0n) is 16.2. The molecule has 26 heavy (non-hydrogen) atoms. The van der Waals surface area contributed by atoms with Gasteiger partial charge >= 0.3 is 0 Å². The number of aromatic nitrogens is 1. The number of methoxy groups -OCH3 is 1. The van der Waals surface area contributed by atoms with E-state index in [0.717, 1.165) is 47.7 Å². The zero-order valence-corrected chi connectivity index (χ0v) is 17.0. The molecule has 0 saturated carbocycles. The molecule has 0 amide bonds. The minimum absolute atomic E-state index is 0.580. The van der Waals surface area contributed by atoms with Crippen LogP contribution in [0.5, 0.6) is 11.5 Å². The Morgan fingerprint density at radius 1 is 1.23 bits per heavy atom. The molecule has 0 spiro atoms. The number of hydrogen-bond acceptors (Lipinski definition) is 5. The maximum absolute atomic E-state index is 5.78. The van der Waals surface area contributed by atoms with Crippen molar-refractivity contribution in [2.24, 2.45) is 4.99 Å². The zero-order chi connectivity index (χ0) is 18.9. The van der Waals surface area contributed by atoms with Gasteiger partial charge in [0.25, 0.3) is 0 Å². The summed E-state index contributed by atoms with van der Waals surface area (Å²) in [5, 5.41) is 4.52. The number of nitrogens with one attached hydrogen (secondary N) is 1. The molecule has 1 aromatic carbocycles. The molecule has 0 atom stereocenters. The van der Waals surface area contributed by atoms with E-state index in [9.17, 15) is 0 Å². The number of rotatable bonds is 8. The summed E-state index contributed by atoms with van der Waals surface area (Å²) in [5.41, 5.74) is 1.13. The number of hydrogen-bond donors (Lipinski definition) is 1. The number of guanidine groups is 1. The number of ether oxygens (including phenoxy) is 2. The van der Waals surface area contributed by atoms with Crippen LogP contribution in [-0.2, 0) is 6.42 Å². The molecule has 0 aliphatic carbocycles. The fraction of sp³-hybridized carbons (Fsp3) is 0.474. The number of thiazole rings is 1. The second-order valence-electron chi connectivity index (χ2n) is 5.91. The summed E-state index contributed by atoms with van der Waals surface area (Å²) < 4.78 is 10.9. The van der Waals surface area contributed by atoms with Crippen molar-refractivity contribution in [2.45, 2.75) is 20.3 Å². The molecule has 2 aromatic rings. The van der Waals surface area contributed by atoms with Crippen LogP contribution in [0.3, 0.4) is 0 Å². The lowest BCUT2D eigenvalue weighted by atomic mass is 10.3. The van der Waals surface area contributed by atoms with Crippen LogP contribution in [0.15, 0.2) is 29.3 Å². The molecule has 0 bridgehead atoms. The molecule has 0 aliphatic rings. The molecule has 0 unspecified atom stereocenters. The van der Waals surface area contributed by atoms with E-state index >= 15 is 0 Å². The summed E-state index contributed by atoms with van der Waals surface area (Å²) in [4.78, 5) is 12.2. The van der Waals surface area contributed by atoms with Gasteiger partial charge in [0.1, 0.15) is 18.1 Å². The maximum atomic E-state index is 5.78. The maximum Gasteiger partial charge on any atom is 0.193 e. The molecule has 1 heterocycles. The van der Waals surface area contributed by atoms with Gasteiger partial charge in [0.05, 0.1) is 24.4 Å². The van der Waals surface area contributed by atoms with Gasteiger partial charge in [0, 0.05) is 31.9 Å². The minimum atomic E-state index is 0.580. The van der Waals surface area contributed by atoms with Gasteiger partial charge in [-0.15, -0.1) is 11.3 Å². The van der Waals surface area contributed by atoms with Crippen LogP contribution in [0.25, 0.3) is 0 Å². The van der Waals surface area contributed by atoms with Crippen LogP contribution < -0.4 is 14.8 Å². The predicted octanol–water partition coefficient (Wildman–Crippen LogP) is 2.90. The quantitative estimate of drug-likeness (QED) is 0.567. The highest BCUT2D eigenvalue weighted by Gasteiger charge is 2.08. The second kappa shape index (κ2) is 10.0. The lowest BCUT2D eigenvalue weighted by Crippen LogP contribution is -2.41. The Morgan fingerprint density at radius 3 is 2.50 bits per heavy atom. The van der Waals surface area contributed by atoms with Crippen molar-refractivity contribution >= 4 is 17.3 Å². The first-order valence-electron chi connectivity index (χ1n) is 8.65. The molecule has 1 N–H and O–H groups in total. The summed E-state index contributed by atoms with van der Waals surface area (Å²) in [6, 6.07) is 7.60. The average molecular weight is 377 g/mol. The van der Waals surface area contributed by atoms with Gasteiger partial charge in [-0.3, -0.25) is 4.99 Å². The van der Waals surface area contributed by atoms with Crippen molar-refractivity contribution in [1.82, 2.24) is 15.2 Å². The summed E-state index contributed by atoms with van der Waals surface area (Å²) in [5.74, 6) is 2.52. The molecule has 0 aliphatic heterocycles. The van der Waals surface area contributed by atoms with Crippen molar-refractivity contribution in [2.75, 3.05) is 40.9 Å². The Labute approximate surface area is 159 Å². The predicted molar refractivity (Wildman–Crippen MR) is 108 cm³/mol. The SMILES string of the molecule is CN=C(NCCc1sc(C)nc1C)N(C)CCOc1ccc(OC)cc1. The third kappa shape index (κ3) is 5.91. The van der Waals surface area contributed by atoms with Crippen LogP contribution in [0.2, 0.25) is 0 Å². The molecule has 0 saturated heterocycles. The highest BCUT2D eigenvalue weighted by atomic mass is 32.1. The average Bonchev–Trinajstić information content (AvgIpc) is 2.96. The lowest BCUT2D eigenvalue weighted by Gasteiger charge is -2.22. The Hall–Kier alpha value is -2.28. The Balaban J connectivity index is 1.73. The molecule has 0 fully saturated rings. The normalized spacial score (nSPS) is 11.3. The molecule has 142 valence electrons. The van der Waals surface area contributed by atoms with Gasteiger partial charge in [-0.2, -0.15) is 0 Å². The first kappa shape index (κ1) is 20.0. The van der Waals surface area contributed by atoms with Crippen molar-refractivity contribution in [3.05, 3.63) is 39.8 Å². The standard InChI is InChI=1S/C19H28N4O2S/c1-14-18(26-15(2)22-14)10-11-21-19(20-3)23(4)12-13-25-17-8-6-16(24-5)7-9-17/h6-9H,10-13H2,1-5H3,(H,20,21). The van der Waals surface area contributed by atoms with Gasteiger partial charge in [0.2, 0.25) is 0 Å². The van der Waals surface area contributed by atoms with Crippen molar-refractivity contribution < 1.29 is 9.47 Å². The third-order valence-corrected chi connectivity index (χ3v) is 5.10. The van der Waals surface area contributed by atoms with Crippen molar-refractivity contribution in [3.63, 3.8) is 0 Å². The van der Waals surface area contributed by atoms with E-state index in [-0.39, 0.29) is 0 Å². The van der Waals surface area contributed by atoms with Gasteiger partial charge in [-0.25, -0.2) is 4.98 Å². The van der Waals surface area contributed by atoms with Crippen molar-refractivity contribution in [1.29, 1.82) is 0 Å². The van der Waals surface area contributed by atoms with Gasteiger partial charge in [-0.1, -0.05) is 0 Å². The number of nitrogens with zero attached hydrogens (tertiary/aromatic N) is 3. The Morgan fingerprint density at radius 2 is 1.92 bits per heavy atom. The minimum Gasteiger partial charge on any atom is -0.497 e. The first-order valence-corrected chi connectivity index (χ1v) is 9.46. The van der Waals surface area contributed by atoms with Crippen LogP contribution >= 0.6 is 11.3 Å². The summed E-state index contributed by atoms with van der Waals surface area (Å²) in [6.45, 7) is 6.26. The molecule has 6 nitrogen and oxygen atoms in total. The number of aliphatic imine (C=N–C) groups is 1. The van der Waals surface area contributed by atoms with Gasteiger partial charge < -0.3 is 19.7 Å². The van der Waals surface area contributed by atoms with Gasteiger partial charge in [0.15, 0.2) is 5.96 Å². The number of aryl methyl sites for hydroxylation is 2. The van der Waals surface area contributed by atoms with Crippen LogP contribution in [0.1, 0.15) is 15.6 Å². The molecule has 2 rings (SSSR count). The Kier molecular flexibility index (Phi) is 7.72. The molecule has 0 radical (unpaired) electrons. The number of benzene rings is 1. The molecular weight excluding hydrogens is 348 g/mol. The van der Waals surface area contributed by atoms with E-state index in [1.54, 1.807) is 25.5 Å². The third-order valence-electron chi connectivity index (χ3n) is 3.96. The molecule has 1 aromatic heterocycles. The fourth-order valence-corrected chi connectivity index (χ4v) is 3.49. The largest absolute Gasteiger partial charge is 0.497 e. The summed E-state index contributed by atoms with van der Waals surface area (Å²) >= 11 is 1.76. The Bertz CT molecular complexity index is 713. The van der Waals surface area contributed by atoms with E-state index in [1.807, 2.05) is 38.2 Å². The smallest absolute Gasteiger partial charge is 0.193 e. The summed E-state index contributed by atoms with van der Waals surface area (Å²) in [7, 11) is 5.46. The molecular formula is C19H28N4O2S. The lowest BCUT2D eigenvalue weighted by molar-refractivity contribution is 0.281. The van der Waals surface area contributed by atoms with E-state index in [2.05, 4.69) is 27.1 Å². The van der Waals surface area contributed by atoms with Crippen molar-refractivity contribution in [3.8, 4) is 11.5 Å². The fourth-order valence-electron chi connectivity index (χ4n) is 2.56. The van der Waals surface area contributed by atoms with E-state index in [4.69, 9.17) is 9.47 Å². The number of likely N-dealkylation sites (N-methyl/N-ethyl adjacent to an activating group) is 1. The monoisotopic (exact) mass is 376 g/mol. The van der Waals surface area contributed by atoms with E-state index < -0.39 is 0 Å². The van der Waals surface area contributed by atoms with Gasteiger partial charge in [-0.05, 0) is 38.1 Å². The van der Waals surface area contributed by atoms with Crippen LogP contribution in [-0.4, -0.2) is 56.7 Å². The highest BCUT2D eigenvalue weighted by molar-refractivity contribution is 7.11. The van der Waals surface area contributed by atoms with E-state index in [1.165, 1.54) is 4.88 Å². The van der Waals surface area contributed by atoms with E-state index in [0.29, 0.717) is 6.61 Å². The highest BCUT2D eigenvalue weighted by Crippen LogP contribution is 2.17. The van der Waals surface area contributed by atoms with Crippen LogP contribution in [0.4, 0.5) is 0 Å².